The van der Waals surface area contributed by atoms with E-state index in [-0.39, 0.29) is 0 Å². The maximum atomic E-state index is 13.0. The molecule has 2 rings (SSSR count). The van der Waals surface area contributed by atoms with Crippen molar-refractivity contribution in [1.82, 2.24) is 0 Å². The van der Waals surface area contributed by atoms with Gasteiger partial charge in [-0.1, -0.05) is 35.9 Å². The Bertz CT molecular complexity index is 566. The van der Waals surface area contributed by atoms with E-state index in [4.69, 9.17) is 4.52 Å². The van der Waals surface area contributed by atoms with Gasteiger partial charge >= 0.3 is 0 Å². The van der Waals surface area contributed by atoms with Crippen molar-refractivity contribution in [3.8, 4) is 0 Å². The van der Waals surface area contributed by atoms with Gasteiger partial charge in [-0.15, -0.1) is 0 Å². The maximum absolute atomic E-state index is 13.0. The molecule has 19 heavy (non-hydrogen) atoms. The van der Waals surface area contributed by atoms with Crippen molar-refractivity contribution in [3.05, 3.63) is 60.2 Å². The molecule has 0 unspecified atom stereocenters. The molecule has 2 aromatic carbocycles. The number of hydrogen-bond donors (Lipinski definition) is 0. The lowest BCUT2D eigenvalue weighted by Gasteiger charge is -2.17. The lowest BCUT2D eigenvalue weighted by Crippen LogP contribution is -2.04. The van der Waals surface area contributed by atoms with Crippen LogP contribution in [-0.2, 0) is 9.09 Å². The summed E-state index contributed by atoms with van der Waals surface area (Å²) in [5, 5.41) is 0.752. The second kappa shape index (κ2) is 6.42. The molecule has 0 fully saturated rings. The summed E-state index contributed by atoms with van der Waals surface area (Å²) < 4.78 is 18.6. The quantitative estimate of drug-likeness (QED) is 0.751. The molecule has 0 amide bonds. The first-order valence-corrected chi connectivity index (χ1v) is 9.25. The Hall–Kier alpha value is -1.02. The van der Waals surface area contributed by atoms with Gasteiger partial charge in [0, 0.05) is 10.2 Å². The molecule has 0 aliphatic heterocycles. The molecule has 0 spiro atoms. The molecule has 1 atom stereocenters. The van der Waals surface area contributed by atoms with Crippen LogP contribution in [0.4, 0.5) is 0 Å². The van der Waals surface area contributed by atoms with E-state index < -0.39 is 6.57 Å². The van der Waals surface area contributed by atoms with Gasteiger partial charge in [0.15, 0.2) is 0 Å². The number of rotatable bonds is 5. The van der Waals surface area contributed by atoms with Gasteiger partial charge in [0.2, 0.25) is 0 Å². The largest absolute Gasteiger partial charge is 0.318 e. The van der Waals surface area contributed by atoms with Crippen LogP contribution in [0, 0.1) is 6.92 Å². The molecule has 0 aliphatic carbocycles. The monoisotopic (exact) mass is 292 g/mol. The predicted octanol–water partition coefficient (Wildman–Crippen LogP) is 4.64. The van der Waals surface area contributed by atoms with E-state index in [1.54, 1.807) is 0 Å². The molecule has 4 heteroatoms. The average Bonchev–Trinajstić information content (AvgIpc) is 2.43. The van der Waals surface area contributed by atoms with Crippen molar-refractivity contribution in [2.45, 2.75) is 18.7 Å². The fraction of sp³-hybridized carbons (Fsp3) is 0.200. The molecule has 0 saturated heterocycles. The lowest BCUT2D eigenvalue weighted by molar-refractivity contribution is 0.353. The van der Waals surface area contributed by atoms with Crippen molar-refractivity contribution >= 4 is 23.3 Å². The molecule has 2 aromatic rings. The summed E-state index contributed by atoms with van der Waals surface area (Å²) in [6, 6.07) is 17.4. The van der Waals surface area contributed by atoms with Gasteiger partial charge < -0.3 is 4.52 Å². The molecule has 0 saturated carbocycles. The van der Waals surface area contributed by atoms with E-state index in [0.29, 0.717) is 6.61 Å². The van der Waals surface area contributed by atoms with Gasteiger partial charge in [-0.05, 0) is 49.5 Å². The molecule has 2 nitrogen and oxygen atoms in total. The summed E-state index contributed by atoms with van der Waals surface area (Å²) >= 11 is 1.31. The molecule has 0 bridgehead atoms. The highest BCUT2D eigenvalue weighted by atomic mass is 32.7. The van der Waals surface area contributed by atoms with Crippen LogP contribution in [0.25, 0.3) is 0 Å². The fourth-order valence-electron chi connectivity index (χ4n) is 1.67. The van der Waals surface area contributed by atoms with E-state index in [0.717, 1.165) is 10.2 Å². The van der Waals surface area contributed by atoms with Crippen molar-refractivity contribution in [2.75, 3.05) is 6.61 Å². The highest BCUT2D eigenvalue weighted by Crippen LogP contribution is 2.61. The van der Waals surface area contributed by atoms with Crippen LogP contribution in [-0.4, -0.2) is 6.61 Å². The third-order valence-electron chi connectivity index (χ3n) is 2.62. The molecular weight excluding hydrogens is 275 g/mol. The van der Waals surface area contributed by atoms with E-state index >= 15 is 0 Å². The van der Waals surface area contributed by atoms with E-state index in [1.807, 2.05) is 68.4 Å². The Morgan fingerprint density at radius 3 is 2.26 bits per heavy atom. The summed E-state index contributed by atoms with van der Waals surface area (Å²) in [5.74, 6) is 0. The third kappa shape index (κ3) is 3.73. The van der Waals surface area contributed by atoms with Crippen LogP contribution in [0.5, 0.6) is 0 Å². The third-order valence-corrected chi connectivity index (χ3v) is 7.17. The average molecular weight is 292 g/mol. The standard InChI is InChI=1S/C15H17O2PS/c1-3-17-18(16,14-7-5-4-6-8-14)19-15-11-9-13(2)10-12-15/h4-12H,3H2,1-2H3/t18-/m0/s1. The predicted molar refractivity (Wildman–Crippen MR) is 82.3 cm³/mol. The van der Waals surface area contributed by atoms with Crippen LogP contribution < -0.4 is 5.30 Å². The van der Waals surface area contributed by atoms with E-state index in [2.05, 4.69) is 0 Å². The Kier molecular flexibility index (Phi) is 4.87. The molecule has 100 valence electrons. The Labute approximate surface area is 118 Å². The van der Waals surface area contributed by atoms with E-state index in [9.17, 15) is 4.57 Å². The van der Waals surface area contributed by atoms with Gasteiger partial charge in [-0.2, -0.15) is 0 Å². The first-order chi connectivity index (χ1) is 9.14. The van der Waals surface area contributed by atoms with E-state index in [1.165, 1.54) is 16.9 Å². The maximum Gasteiger partial charge on any atom is 0.291 e. The van der Waals surface area contributed by atoms with Crippen LogP contribution in [0.2, 0.25) is 0 Å². The van der Waals surface area contributed by atoms with Crippen LogP contribution in [0.1, 0.15) is 12.5 Å². The fourth-order valence-corrected chi connectivity index (χ4v) is 5.75. The molecule has 0 aliphatic rings. The molecule has 0 radical (unpaired) electrons. The minimum absolute atomic E-state index is 0.436. The van der Waals surface area contributed by atoms with Crippen molar-refractivity contribution in [2.24, 2.45) is 0 Å². The number of hydrogen-bond acceptors (Lipinski definition) is 3. The van der Waals surface area contributed by atoms with Gasteiger partial charge in [0.05, 0.1) is 6.61 Å². The van der Waals surface area contributed by atoms with Crippen molar-refractivity contribution < 1.29 is 9.09 Å². The lowest BCUT2D eigenvalue weighted by atomic mass is 10.2. The first kappa shape index (κ1) is 14.4. The zero-order valence-electron chi connectivity index (χ0n) is 11.1. The van der Waals surface area contributed by atoms with Crippen LogP contribution >= 0.6 is 18.0 Å². The van der Waals surface area contributed by atoms with Crippen molar-refractivity contribution in [1.29, 1.82) is 0 Å². The van der Waals surface area contributed by atoms with Gasteiger partial charge in [0.1, 0.15) is 0 Å². The smallest absolute Gasteiger partial charge is 0.291 e. The van der Waals surface area contributed by atoms with Crippen molar-refractivity contribution in [3.63, 3.8) is 0 Å². The van der Waals surface area contributed by atoms with Crippen LogP contribution in [0.15, 0.2) is 59.5 Å². The second-order valence-corrected chi connectivity index (χ2v) is 8.57. The van der Waals surface area contributed by atoms with Crippen LogP contribution in [0.3, 0.4) is 0 Å². The number of aryl methyl sites for hydroxylation is 1. The molecule has 0 N–H and O–H groups in total. The normalized spacial score (nSPS) is 14.0. The second-order valence-electron chi connectivity index (χ2n) is 4.16. The Balaban J connectivity index is 2.30. The minimum Gasteiger partial charge on any atom is -0.318 e. The molecule has 0 aromatic heterocycles. The summed E-state index contributed by atoms with van der Waals surface area (Å²) in [6.45, 7) is 1.45. The first-order valence-electron chi connectivity index (χ1n) is 6.20. The number of benzene rings is 2. The van der Waals surface area contributed by atoms with Gasteiger partial charge in [-0.3, -0.25) is 4.57 Å². The minimum atomic E-state index is -2.89. The van der Waals surface area contributed by atoms with Gasteiger partial charge in [-0.25, -0.2) is 0 Å². The molecule has 0 heterocycles. The summed E-state index contributed by atoms with van der Waals surface area (Å²) in [4.78, 5) is 0.964. The Morgan fingerprint density at radius 2 is 1.68 bits per heavy atom. The Morgan fingerprint density at radius 1 is 1.05 bits per heavy atom. The molecular formula is C15H17O2PS. The topological polar surface area (TPSA) is 26.3 Å². The summed E-state index contributed by atoms with van der Waals surface area (Å²) in [7, 11) is 0. The summed E-state index contributed by atoms with van der Waals surface area (Å²) in [5.41, 5.74) is 1.19. The zero-order chi connectivity index (χ0) is 13.7. The zero-order valence-corrected chi connectivity index (χ0v) is 12.8. The SMILES string of the molecule is CCO[P@](=O)(Sc1ccc(C)cc1)c1ccccc1. The van der Waals surface area contributed by atoms with Gasteiger partial charge in [0.25, 0.3) is 6.57 Å². The highest BCUT2D eigenvalue weighted by Gasteiger charge is 2.26. The highest BCUT2D eigenvalue weighted by molar-refractivity contribution is 8.58. The summed E-state index contributed by atoms with van der Waals surface area (Å²) in [6.07, 6.45) is 0.